The summed E-state index contributed by atoms with van der Waals surface area (Å²) in [6.45, 7) is 8.50. The SMILES string of the molecule is Cc1cc2cnc(Nc3ccc4c(ccn4C4CCN(CCO)CC4)c3)nc2n1-c1cccc(C(C)(C)O)n1. The summed E-state index contributed by atoms with van der Waals surface area (Å²) in [5.74, 6) is 1.22. The minimum absolute atomic E-state index is 0.223. The predicted octanol–water partition coefficient (Wildman–Crippen LogP) is 4.68. The van der Waals surface area contributed by atoms with Gasteiger partial charge in [0.25, 0.3) is 0 Å². The summed E-state index contributed by atoms with van der Waals surface area (Å²) in [5, 5.41) is 25.2. The number of likely N-dealkylation sites (tertiary alicyclic amines) is 1. The number of hydrogen-bond acceptors (Lipinski definition) is 7. The number of aliphatic hydroxyl groups is 2. The molecule has 202 valence electrons. The van der Waals surface area contributed by atoms with Gasteiger partial charge in [-0.25, -0.2) is 9.97 Å². The van der Waals surface area contributed by atoms with Crippen LogP contribution in [0.1, 0.15) is 44.1 Å². The van der Waals surface area contributed by atoms with Crippen LogP contribution in [0, 0.1) is 6.92 Å². The Labute approximate surface area is 227 Å². The number of anilines is 2. The van der Waals surface area contributed by atoms with Crippen molar-refractivity contribution in [3.05, 3.63) is 72.3 Å². The number of pyridine rings is 1. The van der Waals surface area contributed by atoms with Crippen LogP contribution in [0.4, 0.5) is 11.6 Å². The minimum atomic E-state index is -1.04. The molecule has 5 aromatic rings. The van der Waals surface area contributed by atoms with Crippen LogP contribution in [0.2, 0.25) is 0 Å². The maximum atomic E-state index is 10.5. The smallest absolute Gasteiger partial charge is 0.229 e. The van der Waals surface area contributed by atoms with Gasteiger partial charge in [-0.05, 0) is 76.1 Å². The van der Waals surface area contributed by atoms with Gasteiger partial charge in [0, 0.05) is 65.7 Å². The van der Waals surface area contributed by atoms with Crippen LogP contribution in [-0.4, -0.2) is 65.4 Å². The predicted molar refractivity (Wildman–Crippen MR) is 154 cm³/mol. The molecule has 0 saturated carbocycles. The Bertz CT molecular complexity index is 1620. The molecule has 0 radical (unpaired) electrons. The minimum Gasteiger partial charge on any atom is -0.395 e. The Morgan fingerprint density at radius 3 is 2.62 bits per heavy atom. The quantitative estimate of drug-likeness (QED) is 0.283. The molecule has 0 bridgehead atoms. The van der Waals surface area contributed by atoms with E-state index < -0.39 is 5.60 Å². The van der Waals surface area contributed by atoms with Crippen molar-refractivity contribution in [1.29, 1.82) is 0 Å². The molecule has 0 spiro atoms. The van der Waals surface area contributed by atoms with Crippen LogP contribution in [-0.2, 0) is 5.60 Å². The summed E-state index contributed by atoms with van der Waals surface area (Å²) in [4.78, 5) is 16.5. The Hall–Kier alpha value is -3.79. The first-order chi connectivity index (χ1) is 18.8. The lowest BCUT2D eigenvalue weighted by Gasteiger charge is -2.32. The highest BCUT2D eigenvalue weighted by molar-refractivity contribution is 5.85. The molecule has 6 rings (SSSR count). The van der Waals surface area contributed by atoms with Crippen molar-refractivity contribution in [3.8, 4) is 5.82 Å². The third-order valence-corrected chi connectivity index (χ3v) is 7.66. The number of piperidine rings is 1. The maximum absolute atomic E-state index is 10.5. The fourth-order valence-corrected chi connectivity index (χ4v) is 5.61. The number of hydrogen-bond donors (Lipinski definition) is 3. The third kappa shape index (κ3) is 5.01. The van der Waals surface area contributed by atoms with Gasteiger partial charge in [-0.1, -0.05) is 6.07 Å². The molecule has 1 saturated heterocycles. The summed E-state index contributed by atoms with van der Waals surface area (Å²) in [6, 6.07) is 16.7. The molecule has 0 atom stereocenters. The van der Waals surface area contributed by atoms with Crippen LogP contribution >= 0.6 is 0 Å². The zero-order valence-corrected chi connectivity index (χ0v) is 22.7. The number of aryl methyl sites for hydroxylation is 1. The lowest BCUT2D eigenvalue weighted by atomic mass is 10.0. The molecule has 3 N–H and O–H groups in total. The summed E-state index contributed by atoms with van der Waals surface area (Å²) < 4.78 is 4.38. The number of nitrogens with zero attached hydrogens (tertiary/aromatic N) is 6. The van der Waals surface area contributed by atoms with E-state index in [0.717, 1.165) is 54.9 Å². The highest BCUT2D eigenvalue weighted by Crippen LogP contribution is 2.30. The molecule has 4 aromatic heterocycles. The molecule has 0 amide bonds. The molecule has 39 heavy (non-hydrogen) atoms. The van der Waals surface area contributed by atoms with Gasteiger partial charge in [0.15, 0.2) is 5.65 Å². The van der Waals surface area contributed by atoms with E-state index in [1.165, 1.54) is 10.9 Å². The fourth-order valence-electron chi connectivity index (χ4n) is 5.61. The maximum Gasteiger partial charge on any atom is 0.229 e. The first-order valence-electron chi connectivity index (χ1n) is 13.6. The lowest BCUT2D eigenvalue weighted by Crippen LogP contribution is -2.36. The highest BCUT2D eigenvalue weighted by Gasteiger charge is 2.22. The van der Waals surface area contributed by atoms with Gasteiger partial charge in [0.05, 0.1) is 12.3 Å². The first-order valence-corrected chi connectivity index (χ1v) is 13.6. The molecule has 9 nitrogen and oxygen atoms in total. The number of benzene rings is 1. The van der Waals surface area contributed by atoms with Crippen molar-refractivity contribution in [2.45, 2.75) is 45.3 Å². The van der Waals surface area contributed by atoms with Gasteiger partial charge < -0.3 is 25.0 Å². The second kappa shape index (κ2) is 10.1. The fraction of sp³-hybridized carbons (Fsp3) is 0.367. The lowest BCUT2D eigenvalue weighted by molar-refractivity contribution is 0.0738. The average Bonchev–Trinajstić information content (AvgIpc) is 3.48. The van der Waals surface area contributed by atoms with Crippen molar-refractivity contribution in [3.63, 3.8) is 0 Å². The van der Waals surface area contributed by atoms with E-state index in [2.05, 4.69) is 50.2 Å². The second-order valence-corrected chi connectivity index (χ2v) is 11.0. The molecule has 0 unspecified atom stereocenters. The van der Waals surface area contributed by atoms with E-state index in [1.807, 2.05) is 42.0 Å². The van der Waals surface area contributed by atoms with Crippen LogP contribution in [0.3, 0.4) is 0 Å². The molecule has 9 heteroatoms. The van der Waals surface area contributed by atoms with Crippen LogP contribution < -0.4 is 5.32 Å². The van der Waals surface area contributed by atoms with E-state index in [0.29, 0.717) is 23.5 Å². The molecular formula is C30H35N7O2. The largest absolute Gasteiger partial charge is 0.395 e. The van der Waals surface area contributed by atoms with Gasteiger partial charge in [-0.3, -0.25) is 4.57 Å². The Morgan fingerprint density at radius 1 is 1.03 bits per heavy atom. The van der Waals surface area contributed by atoms with E-state index in [4.69, 9.17) is 9.97 Å². The average molecular weight is 526 g/mol. The molecule has 1 aliphatic heterocycles. The molecule has 1 aromatic carbocycles. The Kier molecular flexibility index (Phi) is 6.58. The van der Waals surface area contributed by atoms with Gasteiger partial charge in [-0.2, -0.15) is 4.98 Å². The molecule has 1 aliphatic rings. The van der Waals surface area contributed by atoms with Crippen LogP contribution in [0.15, 0.2) is 60.9 Å². The van der Waals surface area contributed by atoms with Crippen molar-refractivity contribution < 1.29 is 10.2 Å². The monoisotopic (exact) mass is 525 g/mol. The highest BCUT2D eigenvalue weighted by atomic mass is 16.3. The summed E-state index contributed by atoms with van der Waals surface area (Å²) >= 11 is 0. The van der Waals surface area contributed by atoms with Crippen LogP contribution in [0.5, 0.6) is 0 Å². The molecule has 1 fully saturated rings. The van der Waals surface area contributed by atoms with Gasteiger partial charge in [0.2, 0.25) is 5.95 Å². The van der Waals surface area contributed by atoms with Gasteiger partial charge in [-0.15, -0.1) is 0 Å². The van der Waals surface area contributed by atoms with Crippen molar-refractivity contribution in [1.82, 2.24) is 29.0 Å². The van der Waals surface area contributed by atoms with Crippen molar-refractivity contribution >= 4 is 33.6 Å². The Balaban J connectivity index is 1.26. The van der Waals surface area contributed by atoms with Gasteiger partial charge >= 0.3 is 0 Å². The number of aliphatic hydroxyl groups excluding tert-OH is 1. The van der Waals surface area contributed by atoms with Crippen molar-refractivity contribution in [2.24, 2.45) is 0 Å². The van der Waals surface area contributed by atoms with E-state index in [-0.39, 0.29) is 6.61 Å². The van der Waals surface area contributed by atoms with Crippen LogP contribution in [0.25, 0.3) is 27.8 Å². The van der Waals surface area contributed by atoms with E-state index in [1.54, 1.807) is 13.8 Å². The van der Waals surface area contributed by atoms with Crippen molar-refractivity contribution in [2.75, 3.05) is 31.6 Å². The normalized spacial score (nSPS) is 15.4. The topological polar surface area (TPSA) is 104 Å². The summed E-state index contributed by atoms with van der Waals surface area (Å²) in [7, 11) is 0. The number of β-amino-alcohol motifs (C(OH)–C–C–N with tert-alkyl or cyclic N) is 1. The molecule has 0 aliphatic carbocycles. The van der Waals surface area contributed by atoms with Gasteiger partial charge in [0.1, 0.15) is 11.4 Å². The third-order valence-electron chi connectivity index (χ3n) is 7.66. The number of rotatable bonds is 7. The first kappa shape index (κ1) is 25.5. The van der Waals surface area contributed by atoms with E-state index >= 15 is 0 Å². The summed E-state index contributed by atoms with van der Waals surface area (Å²) in [6.07, 6.45) is 6.19. The zero-order chi connectivity index (χ0) is 27.1. The standard InChI is InChI=1S/C30H35N7O2/c1-20-17-22-19-31-29(34-28(22)37(20)27-6-4-5-26(33-27)30(2,3)39)32-23-7-8-25-21(18-23)9-14-36(25)24-10-12-35(13-11-24)15-16-38/h4-9,14,17-19,24,38-39H,10-13,15-16H2,1-3H3,(H,31,32,34). The number of nitrogens with one attached hydrogen (secondary N) is 1. The molecule has 5 heterocycles. The summed E-state index contributed by atoms with van der Waals surface area (Å²) in [5.41, 5.74) is 3.45. The number of fused-ring (bicyclic) bond motifs is 2. The molecular weight excluding hydrogens is 490 g/mol. The number of aromatic nitrogens is 5. The second-order valence-electron chi connectivity index (χ2n) is 11.0. The Morgan fingerprint density at radius 2 is 1.85 bits per heavy atom. The van der Waals surface area contributed by atoms with E-state index in [9.17, 15) is 10.2 Å². The zero-order valence-electron chi connectivity index (χ0n) is 22.7.